The molecule has 1 aromatic carbocycles. The molecule has 0 atom stereocenters. The van der Waals surface area contributed by atoms with Gasteiger partial charge in [-0.2, -0.15) is 0 Å². The number of Topliss-reactive ketones (excluding diaryl/α,β-unsaturated/α-hetero) is 1. The van der Waals surface area contributed by atoms with Crippen LogP contribution < -0.4 is 0 Å². The molecule has 0 aliphatic rings. The van der Waals surface area contributed by atoms with Gasteiger partial charge >= 0.3 is 7.60 Å². The maximum absolute atomic E-state index is 13.3. The zero-order valence-corrected chi connectivity index (χ0v) is 18.2. The Kier molecular flexibility index (Phi) is 6.17. The third kappa shape index (κ3) is 4.42. The van der Waals surface area contributed by atoms with E-state index in [1.807, 2.05) is 12.1 Å². The molecule has 0 aliphatic carbocycles. The minimum absolute atomic E-state index is 0.105. The molecule has 1 aromatic rings. The first kappa shape index (κ1) is 22.1. The summed E-state index contributed by atoms with van der Waals surface area (Å²) < 4.78 is 23.1. The zero-order valence-electron chi connectivity index (χ0n) is 17.3. The second kappa shape index (κ2) is 6.98. The molecule has 0 aliphatic heterocycles. The predicted molar refractivity (Wildman–Crippen MR) is 104 cm³/mol. The Balaban J connectivity index is 3.61. The number of ketones is 1. The van der Waals surface area contributed by atoms with Crippen LogP contribution in [-0.4, -0.2) is 25.2 Å². The standard InChI is InChI=1S/C20H33O4P/c1-18(2,3)15-11-14(12-16(13-15)19(4,5)6)17(21)20(7,8)25(22,23-9)24-10/h11-13H,1-10H3. The molecule has 0 saturated carbocycles. The smallest absolute Gasteiger partial charge is 0.311 e. The van der Waals surface area contributed by atoms with E-state index >= 15 is 0 Å². The van der Waals surface area contributed by atoms with Crippen LogP contribution in [-0.2, 0) is 24.4 Å². The average molecular weight is 368 g/mol. The van der Waals surface area contributed by atoms with Crippen LogP contribution in [0.1, 0.15) is 76.9 Å². The van der Waals surface area contributed by atoms with Crippen LogP contribution in [0.25, 0.3) is 0 Å². The van der Waals surface area contributed by atoms with Gasteiger partial charge in [-0.3, -0.25) is 9.36 Å². The third-order valence-electron chi connectivity index (χ3n) is 4.65. The third-order valence-corrected chi connectivity index (χ3v) is 7.18. The van der Waals surface area contributed by atoms with Gasteiger partial charge < -0.3 is 9.05 Å². The van der Waals surface area contributed by atoms with E-state index in [4.69, 9.17) is 9.05 Å². The van der Waals surface area contributed by atoms with Gasteiger partial charge in [0.05, 0.1) is 0 Å². The van der Waals surface area contributed by atoms with Gasteiger partial charge in [0.25, 0.3) is 0 Å². The molecule has 5 heteroatoms. The Hall–Kier alpha value is -0.960. The van der Waals surface area contributed by atoms with Crippen LogP contribution in [0.15, 0.2) is 18.2 Å². The van der Waals surface area contributed by atoms with Crippen molar-refractivity contribution in [1.82, 2.24) is 0 Å². The number of benzene rings is 1. The van der Waals surface area contributed by atoms with Crippen LogP contribution in [0.2, 0.25) is 0 Å². The number of carbonyl (C=O) groups is 1. The van der Waals surface area contributed by atoms with Gasteiger partial charge in [-0.15, -0.1) is 0 Å². The summed E-state index contributed by atoms with van der Waals surface area (Å²) >= 11 is 0. The van der Waals surface area contributed by atoms with Crippen LogP contribution in [0.3, 0.4) is 0 Å². The molecular weight excluding hydrogens is 335 g/mol. The molecule has 0 bridgehead atoms. The van der Waals surface area contributed by atoms with Crippen LogP contribution in [0.5, 0.6) is 0 Å². The second-order valence-corrected chi connectivity index (χ2v) is 11.9. The van der Waals surface area contributed by atoms with Crippen molar-refractivity contribution >= 4 is 13.4 Å². The van der Waals surface area contributed by atoms with E-state index in [1.165, 1.54) is 14.2 Å². The molecule has 142 valence electrons. The Bertz CT molecular complexity index is 650. The second-order valence-electron chi connectivity index (χ2n) is 9.05. The quantitative estimate of drug-likeness (QED) is 0.492. The van der Waals surface area contributed by atoms with Crippen molar-refractivity contribution in [2.24, 2.45) is 0 Å². The van der Waals surface area contributed by atoms with E-state index in [-0.39, 0.29) is 16.6 Å². The maximum Gasteiger partial charge on any atom is 0.343 e. The molecule has 0 aromatic heterocycles. The largest absolute Gasteiger partial charge is 0.343 e. The van der Waals surface area contributed by atoms with Gasteiger partial charge in [0.2, 0.25) is 0 Å². The van der Waals surface area contributed by atoms with Crippen molar-refractivity contribution in [3.8, 4) is 0 Å². The Morgan fingerprint density at radius 2 is 1.16 bits per heavy atom. The lowest BCUT2D eigenvalue weighted by Crippen LogP contribution is -2.33. The zero-order chi connectivity index (χ0) is 19.8. The van der Waals surface area contributed by atoms with Crippen molar-refractivity contribution < 1.29 is 18.4 Å². The first-order chi connectivity index (χ1) is 11.1. The van der Waals surface area contributed by atoms with Crippen LogP contribution >= 0.6 is 7.60 Å². The molecule has 0 heterocycles. The summed E-state index contributed by atoms with van der Waals surface area (Å²) in [5.74, 6) is -0.240. The highest BCUT2D eigenvalue weighted by atomic mass is 31.2. The molecule has 0 N–H and O–H groups in total. The number of rotatable bonds is 5. The van der Waals surface area contributed by atoms with E-state index < -0.39 is 12.8 Å². The molecule has 1 rings (SSSR count). The van der Waals surface area contributed by atoms with E-state index in [1.54, 1.807) is 13.8 Å². The maximum atomic E-state index is 13.3. The molecule has 0 radical (unpaired) electrons. The lowest BCUT2D eigenvalue weighted by atomic mass is 9.78. The molecule has 0 amide bonds. The molecule has 0 unspecified atom stereocenters. The highest BCUT2D eigenvalue weighted by molar-refractivity contribution is 7.56. The van der Waals surface area contributed by atoms with Crippen molar-refractivity contribution in [1.29, 1.82) is 0 Å². The number of carbonyl (C=O) groups excluding carboxylic acids is 1. The van der Waals surface area contributed by atoms with Crippen molar-refractivity contribution in [3.63, 3.8) is 0 Å². The van der Waals surface area contributed by atoms with Gasteiger partial charge in [-0.25, -0.2) is 0 Å². The van der Waals surface area contributed by atoms with Gasteiger partial charge in [0.15, 0.2) is 5.78 Å². The van der Waals surface area contributed by atoms with Gasteiger partial charge in [0, 0.05) is 19.8 Å². The molecule has 0 spiro atoms. The fourth-order valence-electron chi connectivity index (χ4n) is 2.63. The lowest BCUT2D eigenvalue weighted by molar-refractivity contribution is 0.0931. The SMILES string of the molecule is COP(=O)(OC)C(C)(C)C(=O)c1cc(C(C)(C)C)cc(C(C)(C)C)c1. The lowest BCUT2D eigenvalue weighted by Gasteiger charge is -2.31. The van der Waals surface area contributed by atoms with Crippen LogP contribution in [0, 0.1) is 0 Å². The van der Waals surface area contributed by atoms with E-state index in [0.717, 1.165) is 11.1 Å². The van der Waals surface area contributed by atoms with E-state index in [0.29, 0.717) is 5.56 Å². The number of hydrogen-bond donors (Lipinski definition) is 0. The molecule has 4 nitrogen and oxygen atoms in total. The molecule has 0 fully saturated rings. The summed E-state index contributed by atoms with van der Waals surface area (Å²) in [5.41, 5.74) is 2.48. The van der Waals surface area contributed by atoms with Gasteiger partial charge in [0.1, 0.15) is 5.16 Å². The fraction of sp³-hybridized carbons (Fsp3) is 0.650. The highest BCUT2D eigenvalue weighted by Gasteiger charge is 2.48. The minimum Gasteiger partial charge on any atom is -0.311 e. The minimum atomic E-state index is -3.57. The van der Waals surface area contributed by atoms with Crippen molar-refractivity contribution in [2.75, 3.05) is 14.2 Å². The first-order valence-electron chi connectivity index (χ1n) is 8.52. The summed E-state index contributed by atoms with van der Waals surface area (Å²) in [6, 6.07) is 5.94. The van der Waals surface area contributed by atoms with Gasteiger partial charge in [-0.05, 0) is 47.9 Å². The molecule has 0 saturated heterocycles. The monoisotopic (exact) mass is 368 g/mol. The Morgan fingerprint density at radius 1 is 0.800 bits per heavy atom. The first-order valence-corrected chi connectivity index (χ1v) is 10.1. The highest BCUT2D eigenvalue weighted by Crippen LogP contribution is 2.59. The predicted octanol–water partition coefficient (Wildman–Crippen LogP) is 5.73. The van der Waals surface area contributed by atoms with E-state index in [2.05, 4.69) is 47.6 Å². The summed E-state index contributed by atoms with van der Waals surface area (Å²) in [5, 5.41) is -1.28. The molecule has 25 heavy (non-hydrogen) atoms. The Morgan fingerprint density at radius 3 is 1.44 bits per heavy atom. The summed E-state index contributed by atoms with van der Waals surface area (Å²) in [4.78, 5) is 13.3. The topological polar surface area (TPSA) is 52.6 Å². The normalized spacial score (nSPS) is 13.8. The molecular formula is C20H33O4P. The average Bonchev–Trinajstić information content (AvgIpc) is 2.50. The van der Waals surface area contributed by atoms with Crippen LogP contribution in [0.4, 0.5) is 0 Å². The van der Waals surface area contributed by atoms with Gasteiger partial charge in [-0.1, -0.05) is 47.6 Å². The van der Waals surface area contributed by atoms with Crippen molar-refractivity contribution in [3.05, 3.63) is 34.9 Å². The summed E-state index contributed by atoms with van der Waals surface area (Å²) in [6.45, 7) is 15.9. The van der Waals surface area contributed by atoms with Crippen molar-refractivity contribution in [2.45, 2.75) is 71.4 Å². The number of hydrogen-bond acceptors (Lipinski definition) is 4. The summed E-state index contributed by atoms with van der Waals surface area (Å²) in [6.07, 6.45) is 0. The summed E-state index contributed by atoms with van der Waals surface area (Å²) in [7, 11) is -0.945. The fourth-order valence-corrected chi connectivity index (χ4v) is 4.07. The Labute approximate surface area is 152 Å². The van der Waals surface area contributed by atoms with E-state index in [9.17, 15) is 9.36 Å².